The first kappa shape index (κ1) is 11.4. The number of hydrogen-bond acceptors (Lipinski definition) is 4. The molecule has 0 saturated heterocycles. The Morgan fingerprint density at radius 1 is 1.18 bits per heavy atom. The molecule has 0 spiro atoms. The first-order valence-corrected chi connectivity index (χ1v) is 5.37. The Labute approximate surface area is 100 Å². The van der Waals surface area contributed by atoms with Gasteiger partial charge in [-0.15, -0.1) is 0 Å². The van der Waals surface area contributed by atoms with Crippen LogP contribution in [0, 0.1) is 13.8 Å². The molecular formula is C13H15N3O. The average molecular weight is 229 g/mol. The van der Waals surface area contributed by atoms with Gasteiger partial charge < -0.3 is 10.2 Å². The zero-order chi connectivity index (χ0) is 12.3. The average Bonchev–Trinajstić information content (AvgIpc) is 2.33. The summed E-state index contributed by atoms with van der Waals surface area (Å²) in [5.74, 6) is 7.42. The number of ether oxygens (including phenoxy) is 1. The minimum absolute atomic E-state index is 0.576. The van der Waals surface area contributed by atoms with E-state index in [1.807, 2.05) is 19.1 Å². The van der Waals surface area contributed by atoms with Crippen molar-refractivity contribution in [3.63, 3.8) is 0 Å². The summed E-state index contributed by atoms with van der Waals surface area (Å²) in [6, 6.07) is 9.60. The molecule has 3 N–H and O–H groups in total. The van der Waals surface area contributed by atoms with Gasteiger partial charge in [-0.3, -0.25) is 0 Å². The van der Waals surface area contributed by atoms with Crippen LogP contribution in [0.25, 0.3) is 0 Å². The van der Waals surface area contributed by atoms with Crippen molar-refractivity contribution in [1.82, 2.24) is 4.98 Å². The number of benzene rings is 1. The normalized spacial score (nSPS) is 10.1. The van der Waals surface area contributed by atoms with E-state index >= 15 is 0 Å². The molecule has 17 heavy (non-hydrogen) atoms. The number of nitrogens with two attached hydrogens (primary N) is 1. The Kier molecular flexibility index (Phi) is 3.25. The lowest BCUT2D eigenvalue weighted by Gasteiger charge is -2.09. The zero-order valence-corrected chi connectivity index (χ0v) is 9.90. The maximum Gasteiger partial charge on any atom is 0.143 e. The van der Waals surface area contributed by atoms with Crippen molar-refractivity contribution in [2.24, 2.45) is 5.84 Å². The fourth-order valence-electron chi connectivity index (χ4n) is 1.59. The molecule has 0 aliphatic rings. The molecule has 0 radical (unpaired) electrons. The van der Waals surface area contributed by atoms with Gasteiger partial charge in [-0.25, -0.2) is 10.8 Å². The number of rotatable bonds is 3. The number of nitrogens with one attached hydrogen (secondary N) is 1. The number of nitrogen functional groups attached to an aromatic ring is 1. The first-order valence-electron chi connectivity index (χ1n) is 5.37. The van der Waals surface area contributed by atoms with Gasteiger partial charge in [0.1, 0.15) is 17.3 Å². The molecular weight excluding hydrogens is 214 g/mol. The van der Waals surface area contributed by atoms with Crippen LogP contribution in [0.3, 0.4) is 0 Å². The van der Waals surface area contributed by atoms with Crippen molar-refractivity contribution in [2.45, 2.75) is 13.8 Å². The molecule has 2 rings (SSSR count). The highest BCUT2D eigenvalue weighted by molar-refractivity contribution is 5.43. The lowest BCUT2D eigenvalue weighted by atomic mass is 10.1. The van der Waals surface area contributed by atoms with Crippen molar-refractivity contribution in [2.75, 3.05) is 5.43 Å². The molecule has 0 fully saturated rings. The highest BCUT2D eigenvalue weighted by atomic mass is 16.5. The molecule has 0 aliphatic carbocycles. The van der Waals surface area contributed by atoms with Gasteiger partial charge in [-0.1, -0.05) is 17.7 Å². The fourth-order valence-corrected chi connectivity index (χ4v) is 1.59. The Balaban J connectivity index is 2.25. The van der Waals surface area contributed by atoms with E-state index in [1.54, 1.807) is 18.3 Å². The third kappa shape index (κ3) is 2.73. The van der Waals surface area contributed by atoms with E-state index in [0.717, 1.165) is 11.3 Å². The van der Waals surface area contributed by atoms with Crippen LogP contribution in [0.15, 0.2) is 36.5 Å². The molecule has 0 saturated carbocycles. The Hall–Kier alpha value is -2.07. The van der Waals surface area contributed by atoms with E-state index in [0.29, 0.717) is 11.6 Å². The molecule has 1 aromatic carbocycles. The SMILES string of the molecule is Cc1ccc(Oc2ccnc(NN)c2)c(C)c1. The molecule has 1 aromatic heterocycles. The Morgan fingerprint density at radius 2 is 2.00 bits per heavy atom. The standard InChI is InChI=1S/C13H15N3O/c1-9-3-4-12(10(2)7-9)17-11-5-6-15-13(8-11)16-14/h3-8H,14H2,1-2H3,(H,15,16). The predicted octanol–water partition coefficient (Wildman–Crippen LogP) is 2.78. The summed E-state index contributed by atoms with van der Waals surface area (Å²) in [6.45, 7) is 4.07. The maximum atomic E-state index is 5.77. The number of anilines is 1. The number of pyridine rings is 1. The summed E-state index contributed by atoms with van der Waals surface area (Å²) >= 11 is 0. The molecule has 2 aromatic rings. The van der Waals surface area contributed by atoms with Gasteiger partial charge in [0.25, 0.3) is 0 Å². The first-order chi connectivity index (χ1) is 8.19. The van der Waals surface area contributed by atoms with Crippen LogP contribution < -0.4 is 16.0 Å². The zero-order valence-electron chi connectivity index (χ0n) is 9.90. The van der Waals surface area contributed by atoms with Crippen molar-refractivity contribution < 1.29 is 4.74 Å². The Bertz CT molecular complexity index is 526. The van der Waals surface area contributed by atoms with E-state index < -0.39 is 0 Å². The van der Waals surface area contributed by atoms with Crippen molar-refractivity contribution >= 4 is 5.82 Å². The van der Waals surface area contributed by atoms with Gasteiger partial charge in [-0.05, 0) is 31.5 Å². The summed E-state index contributed by atoms with van der Waals surface area (Å²) < 4.78 is 5.77. The summed E-state index contributed by atoms with van der Waals surface area (Å²) in [5.41, 5.74) is 4.80. The molecule has 0 amide bonds. The van der Waals surface area contributed by atoms with Gasteiger partial charge in [0, 0.05) is 12.3 Å². The van der Waals surface area contributed by atoms with Gasteiger partial charge in [0.05, 0.1) is 0 Å². The minimum atomic E-state index is 0.576. The molecule has 0 aliphatic heterocycles. The number of hydrazine groups is 1. The van der Waals surface area contributed by atoms with Crippen LogP contribution in [-0.2, 0) is 0 Å². The van der Waals surface area contributed by atoms with E-state index in [9.17, 15) is 0 Å². The monoisotopic (exact) mass is 229 g/mol. The van der Waals surface area contributed by atoms with E-state index in [1.165, 1.54) is 5.56 Å². The van der Waals surface area contributed by atoms with Crippen LogP contribution in [0.4, 0.5) is 5.82 Å². The molecule has 0 bridgehead atoms. The summed E-state index contributed by atoms with van der Waals surface area (Å²) in [4.78, 5) is 4.02. The lowest BCUT2D eigenvalue weighted by molar-refractivity contribution is 0.478. The third-order valence-corrected chi connectivity index (χ3v) is 2.44. The van der Waals surface area contributed by atoms with Crippen LogP contribution in [0.5, 0.6) is 11.5 Å². The van der Waals surface area contributed by atoms with E-state index in [-0.39, 0.29) is 0 Å². The number of hydrogen-bond donors (Lipinski definition) is 2. The summed E-state index contributed by atoms with van der Waals surface area (Å²) in [7, 11) is 0. The Morgan fingerprint density at radius 3 is 2.71 bits per heavy atom. The van der Waals surface area contributed by atoms with Crippen LogP contribution in [0.2, 0.25) is 0 Å². The van der Waals surface area contributed by atoms with Crippen LogP contribution in [-0.4, -0.2) is 4.98 Å². The second-order valence-electron chi connectivity index (χ2n) is 3.89. The molecule has 0 atom stereocenters. The third-order valence-electron chi connectivity index (χ3n) is 2.44. The maximum absolute atomic E-state index is 5.77. The number of nitrogens with zero attached hydrogens (tertiary/aromatic N) is 1. The highest BCUT2D eigenvalue weighted by Crippen LogP contribution is 2.26. The van der Waals surface area contributed by atoms with Gasteiger partial charge in [-0.2, -0.15) is 0 Å². The highest BCUT2D eigenvalue weighted by Gasteiger charge is 2.02. The van der Waals surface area contributed by atoms with Gasteiger partial charge in [0.15, 0.2) is 0 Å². The van der Waals surface area contributed by atoms with Crippen molar-refractivity contribution in [3.05, 3.63) is 47.7 Å². The van der Waals surface area contributed by atoms with Gasteiger partial charge >= 0.3 is 0 Å². The summed E-state index contributed by atoms with van der Waals surface area (Å²) in [5, 5.41) is 0. The van der Waals surface area contributed by atoms with Crippen LogP contribution >= 0.6 is 0 Å². The minimum Gasteiger partial charge on any atom is -0.457 e. The fraction of sp³-hybridized carbons (Fsp3) is 0.154. The molecule has 1 heterocycles. The number of aromatic nitrogens is 1. The van der Waals surface area contributed by atoms with Crippen molar-refractivity contribution in [3.8, 4) is 11.5 Å². The molecule has 0 unspecified atom stereocenters. The van der Waals surface area contributed by atoms with E-state index in [2.05, 4.69) is 23.4 Å². The van der Waals surface area contributed by atoms with Crippen molar-refractivity contribution in [1.29, 1.82) is 0 Å². The second kappa shape index (κ2) is 4.84. The van der Waals surface area contributed by atoms with Gasteiger partial charge in [0.2, 0.25) is 0 Å². The quantitative estimate of drug-likeness (QED) is 0.627. The summed E-state index contributed by atoms with van der Waals surface area (Å²) in [6.07, 6.45) is 1.65. The smallest absolute Gasteiger partial charge is 0.143 e. The topological polar surface area (TPSA) is 60.2 Å². The molecule has 4 nitrogen and oxygen atoms in total. The predicted molar refractivity (Wildman–Crippen MR) is 68.0 cm³/mol. The molecule has 4 heteroatoms. The lowest BCUT2D eigenvalue weighted by Crippen LogP contribution is -2.08. The molecule has 88 valence electrons. The van der Waals surface area contributed by atoms with Crippen LogP contribution in [0.1, 0.15) is 11.1 Å². The second-order valence-corrected chi connectivity index (χ2v) is 3.89. The largest absolute Gasteiger partial charge is 0.457 e. The van der Waals surface area contributed by atoms with E-state index in [4.69, 9.17) is 10.6 Å². The number of aryl methyl sites for hydroxylation is 2.